The fourth-order valence-electron chi connectivity index (χ4n) is 10.3. The van der Waals surface area contributed by atoms with E-state index in [9.17, 15) is 29.1 Å². The van der Waals surface area contributed by atoms with Crippen molar-refractivity contribution in [2.24, 2.45) is 45.8 Å². The van der Waals surface area contributed by atoms with Crippen LogP contribution in [-0.2, 0) is 28.7 Å². The van der Waals surface area contributed by atoms with Gasteiger partial charge in [0.1, 0.15) is 28.7 Å². The molecular formula is C34H51NO8. The monoisotopic (exact) mass is 601 g/mol. The number of aliphatic carboxylic acids is 1. The Bertz CT molecular complexity index is 1220. The number of carbonyl (C=O) groups excluding carboxylic acids is 4. The number of fused-ring (bicyclic) bond motifs is 5. The van der Waals surface area contributed by atoms with E-state index in [1.54, 1.807) is 4.90 Å². The van der Waals surface area contributed by atoms with Gasteiger partial charge in [-0.2, -0.15) is 0 Å². The molecule has 1 N–H and O–H groups in total. The number of rotatable bonds is 5. The predicted octanol–water partition coefficient (Wildman–Crippen LogP) is 5.82. The van der Waals surface area contributed by atoms with Gasteiger partial charge in [0.05, 0.1) is 19.1 Å². The fraction of sp³-hybridized carbons (Fsp3) is 0.853. The van der Waals surface area contributed by atoms with Gasteiger partial charge in [0, 0.05) is 41.9 Å². The highest BCUT2D eigenvalue weighted by Crippen LogP contribution is 2.68. The fourth-order valence-corrected chi connectivity index (χ4v) is 10.3. The molecule has 2 saturated heterocycles. The molecule has 0 aromatic heterocycles. The summed E-state index contributed by atoms with van der Waals surface area (Å²) in [5, 5.41) is 10.2. The van der Waals surface area contributed by atoms with E-state index in [0.29, 0.717) is 25.8 Å². The molecule has 1 amide bonds. The molecule has 5 rings (SSSR count). The van der Waals surface area contributed by atoms with Gasteiger partial charge >= 0.3 is 12.1 Å². The van der Waals surface area contributed by atoms with Crippen molar-refractivity contribution in [2.45, 2.75) is 131 Å². The maximum Gasteiger partial charge on any atom is 0.412 e. The molecule has 0 aromatic carbocycles. The van der Waals surface area contributed by atoms with Crippen LogP contribution in [-0.4, -0.2) is 63.4 Å². The average Bonchev–Trinajstić information content (AvgIpc) is 3.11. The molecule has 0 aromatic rings. The quantitative estimate of drug-likeness (QED) is 0.418. The van der Waals surface area contributed by atoms with E-state index < -0.39 is 51.5 Å². The van der Waals surface area contributed by atoms with Crippen molar-refractivity contribution >= 4 is 29.4 Å². The number of likely N-dealkylation sites (tertiary alicyclic amines) is 1. The van der Waals surface area contributed by atoms with Crippen molar-refractivity contribution < 1.29 is 38.6 Å². The zero-order valence-electron chi connectivity index (χ0n) is 27.3. The highest BCUT2D eigenvalue weighted by molar-refractivity contribution is 5.97. The van der Waals surface area contributed by atoms with Gasteiger partial charge in [-0.15, -0.1) is 0 Å². The van der Waals surface area contributed by atoms with Gasteiger partial charge in [-0.05, 0) is 76.0 Å². The Morgan fingerprint density at radius 2 is 1.67 bits per heavy atom. The largest absolute Gasteiger partial charge is 0.481 e. The molecule has 0 unspecified atom stereocenters. The average molecular weight is 602 g/mol. The minimum absolute atomic E-state index is 0.0623. The second-order valence-electron chi connectivity index (χ2n) is 16.6. The predicted molar refractivity (Wildman–Crippen MR) is 158 cm³/mol. The van der Waals surface area contributed by atoms with E-state index in [-0.39, 0.29) is 66.9 Å². The summed E-state index contributed by atoms with van der Waals surface area (Å²) in [6.07, 6.45) is 2.57. The van der Waals surface area contributed by atoms with Gasteiger partial charge in [0.2, 0.25) is 0 Å². The van der Waals surface area contributed by atoms with E-state index in [2.05, 4.69) is 6.92 Å². The SMILES string of the molecule is C[C@H]1CC(=O)[C@H]2CC(=O)[C@H]3[C@@](C)(CC(=O)[C@@](C)(CC[C@]45C[C@@H](C)C[C@@H](CN4C(=O)OC(C)(C)C)O5)[C@@]3(C)CC(=O)O)[C@@H]2C1. The van der Waals surface area contributed by atoms with E-state index in [1.165, 1.54) is 0 Å². The molecule has 0 spiro atoms. The van der Waals surface area contributed by atoms with Crippen molar-refractivity contribution in [1.29, 1.82) is 0 Å². The Morgan fingerprint density at radius 3 is 2.30 bits per heavy atom. The van der Waals surface area contributed by atoms with Crippen LogP contribution in [0.5, 0.6) is 0 Å². The third-order valence-electron chi connectivity index (χ3n) is 12.2. The first kappa shape index (κ1) is 32.1. The van der Waals surface area contributed by atoms with Gasteiger partial charge in [-0.3, -0.25) is 24.1 Å². The van der Waals surface area contributed by atoms with Crippen molar-refractivity contribution in [2.75, 3.05) is 6.54 Å². The Balaban J connectivity index is 1.52. The van der Waals surface area contributed by atoms with Crippen LogP contribution in [0, 0.1) is 45.8 Å². The van der Waals surface area contributed by atoms with Gasteiger partial charge in [-0.1, -0.05) is 34.6 Å². The van der Waals surface area contributed by atoms with Crippen LogP contribution in [0.4, 0.5) is 4.79 Å². The molecule has 5 fully saturated rings. The lowest BCUT2D eigenvalue weighted by Gasteiger charge is -2.64. The normalized spacial score (nSPS) is 44.6. The molecule has 240 valence electrons. The summed E-state index contributed by atoms with van der Waals surface area (Å²) in [6, 6.07) is 0. The Labute approximate surface area is 255 Å². The van der Waals surface area contributed by atoms with Crippen molar-refractivity contribution in [3.63, 3.8) is 0 Å². The first-order valence-corrected chi connectivity index (χ1v) is 16.2. The lowest BCUT2D eigenvalue weighted by atomic mass is 9.37. The smallest absolute Gasteiger partial charge is 0.412 e. The van der Waals surface area contributed by atoms with Crippen LogP contribution >= 0.6 is 0 Å². The number of ketones is 3. The van der Waals surface area contributed by atoms with E-state index in [4.69, 9.17) is 9.47 Å². The molecule has 5 aliphatic rings. The molecule has 9 heteroatoms. The van der Waals surface area contributed by atoms with Crippen molar-refractivity contribution in [3.8, 4) is 0 Å². The maximum atomic E-state index is 14.5. The summed E-state index contributed by atoms with van der Waals surface area (Å²) >= 11 is 0. The van der Waals surface area contributed by atoms with Crippen LogP contribution in [0.15, 0.2) is 0 Å². The number of hydrogen-bond acceptors (Lipinski definition) is 7. The topological polar surface area (TPSA) is 127 Å². The maximum absolute atomic E-state index is 14.5. The van der Waals surface area contributed by atoms with E-state index >= 15 is 0 Å². The highest BCUT2D eigenvalue weighted by Gasteiger charge is 2.70. The van der Waals surface area contributed by atoms with Crippen LogP contribution in [0.25, 0.3) is 0 Å². The second kappa shape index (κ2) is 10.4. The van der Waals surface area contributed by atoms with Crippen LogP contribution < -0.4 is 0 Å². The number of carbonyl (C=O) groups is 5. The Hall–Kier alpha value is -2.29. The lowest BCUT2D eigenvalue weighted by Crippen LogP contribution is -2.67. The minimum atomic E-state index is -1.18. The molecular weight excluding hydrogens is 550 g/mol. The molecule has 3 aliphatic carbocycles. The van der Waals surface area contributed by atoms with Crippen molar-refractivity contribution in [3.05, 3.63) is 0 Å². The molecule has 2 heterocycles. The number of Topliss-reactive ketones (excluding diaryl/α,β-unsaturated/α-hetero) is 3. The zero-order chi connectivity index (χ0) is 31.9. The summed E-state index contributed by atoms with van der Waals surface area (Å²) in [6.45, 7) is 15.7. The number of hydrogen-bond donors (Lipinski definition) is 1. The number of carboxylic acids is 1. The molecule has 10 atom stereocenters. The first-order chi connectivity index (χ1) is 19.7. The summed E-state index contributed by atoms with van der Waals surface area (Å²) in [4.78, 5) is 69.4. The molecule has 2 aliphatic heterocycles. The summed E-state index contributed by atoms with van der Waals surface area (Å²) in [5.41, 5.74) is -4.78. The summed E-state index contributed by atoms with van der Waals surface area (Å²) in [7, 11) is 0. The molecule has 0 radical (unpaired) electrons. The highest BCUT2D eigenvalue weighted by atomic mass is 16.6. The Morgan fingerprint density at radius 1 is 1.00 bits per heavy atom. The standard InChI is InChI=1S/C34H51NO8/c1-19-12-23-22(24(36)13-19)14-25(37)28-31(23,6)16-26(38)32(7,33(28,8)17-27(39)40)9-10-34-15-20(2)11-21(42-34)18-35(34)29(41)43-30(3,4)5/h19-23,28H,9-18H2,1-8H3,(H,39,40)/t19-,20+,21+,22+,23-,28+,31+,32-,33+,34+/m1/s1. The number of ether oxygens (including phenoxy) is 2. The first-order valence-electron chi connectivity index (χ1n) is 16.2. The van der Waals surface area contributed by atoms with Gasteiger partial charge in [0.25, 0.3) is 0 Å². The number of amides is 1. The molecule has 3 saturated carbocycles. The third kappa shape index (κ3) is 5.15. The minimum Gasteiger partial charge on any atom is -0.481 e. The van der Waals surface area contributed by atoms with Crippen LogP contribution in [0.2, 0.25) is 0 Å². The molecule has 2 bridgehead atoms. The molecule has 9 nitrogen and oxygen atoms in total. The number of nitrogens with zero attached hydrogens (tertiary/aromatic N) is 1. The second-order valence-corrected chi connectivity index (χ2v) is 16.6. The third-order valence-corrected chi connectivity index (χ3v) is 12.2. The van der Waals surface area contributed by atoms with Crippen molar-refractivity contribution in [1.82, 2.24) is 4.90 Å². The van der Waals surface area contributed by atoms with E-state index in [0.717, 1.165) is 12.8 Å². The summed E-state index contributed by atoms with van der Waals surface area (Å²) < 4.78 is 12.3. The summed E-state index contributed by atoms with van der Waals surface area (Å²) in [5.74, 6) is -1.86. The zero-order valence-corrected chi connectivity index (χ0v) is 27.3. The van der Waals surface area contributed by atoms with Gasteiger partial charge in [0.15, 0.2) is 0 Å². The van der Waals surface area contributed by atoms with Gasteiger partial charge < -0.3 is 14.6 Å². The Kier molecular flexibility index (Phi) is 7.75. The van der Waals surface area contributed by atoms with E-state index in [1.807, 2.05) is 48.5 Å². The lowest BCUT2D eigenvalue weighted by molar-refractivity contribution is -0.198. The van der Waals surface area contributed by atoms with Crippen LogP contribution in [0.1, 0.15) is 113 Å². The van der Waals surface area contributed by atoms with Crippen LogP contribution in [0.3, 0.4) is 0 Å². The number of carboxylic acid groups (broad SMARTS) is 1. The molecule has 43 heavy (non-hydrogen) atoms. The van der Waals surface area contributed by atoms with Gasteiger partial charge in [-0.25, -0.2) is 4.79 Å².